The van der Waals surface area contributed by atoms with Gasteiger partial charge in [-0.2, -0.15) is 4.37 Å². The third kappa shape index (κ3) is 3.18. The van der Waals surface area contributed by atoms with Crippen molar-refractivity contribution < 1.29 is 0 Å². The molecule has 0 saturated carbocycles. The van der Waals surface area contributed by atoms with Gasteiger partial charge in [0.05, 0.1) is 0 Å². The molecule has 0 aliphatic rings. The van der Waals surface area contributed by atoms with Crippen LogP contribution in [0, 0.1) is 0 Å². The molecule has 0 radical (unpaired) electrons. The number of hydrogen-bond acceptors (Lipinski definition) is 8. The molecule has 0 fully saturated rings. The van der Waals surface area contributed by atoms with Crippen LogP contribution < -0.4 is 4.90 Å². The van der Waals surface area contributed by atoms with E-state index in [1.165, 1.54) is 23.3 Å². The first-order valence-electron chi connectivity index (χ1n) is 5.39. The molecular weight excluding hydrogens is 286 g/mol. The van der Waals surface area contributed by atoms with Crippen molar-refractivity contribution >= 4 is 39.8 Å². The van der Waals surface area contributed by atoms with Crippen molar-refractivity contribution in [1.82, 2.24) is 19.6 Å². The Bertz CT molecular complexity index is 526. The normalized spacial score (nSPS) is 11.8. The molecule has 2 heterocycles. The predicted molar refractivity (Wildman–Crippen MR) is 77.0 cm³/mol. The summed E-state index contributed by atoms with van der Waals surface area (Å²) in [6.07, 6.45) is 0. The molecule has 0 N–H and O–H groups in total. The summed E-state index contributed by atoms with van der Waals surface area (Å²) >= 11 is 4.50. The first-order chi connectivity index (χ1) is 8.36. The van der Waals surface area contributed by atoms with Crippen molar-refractivity contribution in [2.45, 2.75) is 34.9 Å². The van der Waals surface area contributed by atoms with Crippen LogP contribution in [-0.2, 0) is 5.41 Å². The average molecular weight is 301 g/mol. The van der Waals surface area contributed by atoms with E-state index < -0.39 is 0 Å². The summed E-state index contributed by atoms with van der Waals surface area (Å²) in [5.74, 6) is 0.882. The van der Waals surface area contributed by atoms with Crippen LogP contribution in [0.25, 0.3) is 0 Å². The van der Waals surface area contributed by atoms with E-state index in [0.717, 1.165) is 19.6 Å². The van der Waals surface area contributed by atoms with Gasteiger partial charge in [-0.3, -0.25) is 0 Å². The zero-order valence-electron chi connectivity index (χ0n) is 11.0. The molecule has 0 bridgehead atoms. The van der Waals surface area contributed by atoms with Crippen LogP contribution in [0.4, 0.5) is 5.13 Å². The average Bonchev–Trinajstić information content (AvgIpc) is 2.85. The molecule has 18 heavy (non-hydrogen) atoms. The highest BCUT2D eigenvalue weighted by atomic mass is 32.2. The quantitative estimate of drug-likeness (QED) is 0.869. The zero-order valence-corrected chi connectivity index (χ0v) is 13.4. The minimum Gasteiger partial charge on any atom is -0.353 e. The van der Waals surface area contributed by atoms with Crippen LogP contribution >= 0.6 is 34.6 Å². The summed E-state index contributed by atoms with van der Waals surface area (Å²) < 4.78 is 6.20. The van der Waals surface area contributed by atoms with E-state index in [4.69, 9.17) is 0 Å². The summed E-state index contributed by atoms with van der Waals surface area (Å²) in [4.78, 5) is 6.47. The Kier molecular flexibility index (Phi) is 3.88. The van der Waals surface area contributed by atoms with Crippen molar-refractivity contribution in [1.29, 1.82) is 0 Å². The van der Waals surface area contributed by atoms with Crippen molar-refractivity contribution in [2.24, 2.45) is 0 Å². The Hall–Kier alpha value is -0.730. The van der Waals surface area contributed by atoms with E-state index in [2.05, 4.69) is 40.3 Å². The minimum absolute atomic E-state index is 0.00870. The molecule has 0 spiro atoms. The lowest BCUT2D eigenvalue weighted by Crippen LogP contribution is -2.12. The lowest BCUT2D eigenvalue weighted by molar-refractivity contribution is 0.551. The predicted octanol–water partition coefficient (Wildman–Crippen LogP) is 2.90. The first kappa shape index (κ1) is 13.7. The van der Waals surface area contributed by atoms with Crippen molar-refractivity contribution in [3.05, 3.63) is 5.82 Å². The van der Waals surface area contributed by atoms with Gasteiger partial charge in [0.1, 0.15) is 5.82 Å². The van der Waals surface area contributed by atoms with Gasteiger partial charge in [-0.05, 0) is 23.3 Å². The number of rotatable bonds is 3. The lowest BCUT2D eigenvalue weighted by atomic mass is 9.96. The van der Waals surface area contributed by atoms with Gasteiger partial charge in [-0.25, -0.2) is 4.98 Å². The molecule has 0 aliphatic carbocycles. The molecule has 5 nitrogen and oxygen atoms in total. The van der Waals surface area contributed by atoms with E-state index in [1.54, 1.807) is 11.3 Å². The topological polar surface area (TPSA) is 54.8 Å². The highest BCUT2D eigenvalue weighted by molar-refractivity contribution is 8.02. The molecule has 0 unspecified atom stereocenters. The molecule has 0 aliphatic heterocycles. The van der Waals surface area contributed by atoms with Gasteiger partial charge in [-0.15, -0.1) is 10.2 Å². The Morgan fingerprint density at radius 2 is 1.83 bits per heavy atom. The second kappa shape index (κ2) is 5.10. The summed E-state index contributed by atoms with van der Waals surface area (Å²) in [6.45, 7) is 6.33. The largest absolute Gasteiger partial charge is 0.353 e. The SMILES string of the molecule is CN(C)c1nnc(Sc2nc(C(C)(C)C)ns2)s1. The monoisotopic (exact) mass is 301 g/mol. The molecule has 98 valence electrons. The van der Waals surface area contributed by atoms with Crippen LogP contribution in [0.3, 0.4) is 0 Å². The van der Waals surface area contributed by atoms with Crippen molar-refractivity contribution in [2.75, 3.05) is 19.0 Å². The Morgan fingerprint density at radius 3 is 2.33 bits per heavy atom. The Labute approximate surface area is 119 Å². The maximum atomic E-state index is 4.53. The molecule has 8 heteroatoms. The van der Waals surface area contributed by atoms with Crippen LogP contribution in [0.15, 0.2) is 8.68 Å². The van der Waals surface area contributed by atoms with Gasteiger partial charge in [0.25, 0.3) is 0 Å². The number of aromatic nitrogens is 4. The second-order valence-electron chi connectivity index (χ2n) is 4.98. The fourth-order valence-corrected chi connectivity index (χ4v) is 3.81. The fourth-order valence-electron chi connectivity index (χ4n) is 1.05. The van der Waals surface area contributed by atoms with E-state index >= 15 is 0 Å². The Morgan fingerprint density at radius 1 is 1.11 bits per heavy atom. The second-order valence-corrected chi connectivity index (χ2v) is 8.18. The van der Waals surface area contributed by atoms with Gasteiger partial charge in [-0.1, -0.05) is 32.1 Å². The zero-order chi connectivity index (χ0) is 13.3. The van der Waals surface area contributed by atoms with Crippen LogP contribution in [0.2, 0.25) is 0 Å². The third-order valence-corrected chi connectivity index (χ3v) is 4.92. The molecular formula is C10H15N5S3. The molecule has 0 aromatic carbocycles. The molecule has 2 aromatic heterocycles. The molecule has 2 rings (SSSR count). The smallest absolute Gasteiger partial charge is 0.208 e. The molecule has 2 aromatic rings. The number of anilines is 1. The van der Waals surface area contributed by atoms with Crippen LogP contribution in [0.5, 0.6) is 0 Å². The lowest BCUT2D eigenvalue weighted by Gasteiger charge is -2.11. The van der Waals surface area contributed by atoms with Gasteiger partial charge in [0.2, 0.25) is 5.13 Å². The third-order valence-electron chi connectivity index (χ3n) is 2.03. The van der Waals surface area contributed by atoms with Gasteiger partial charge in [0, 0.05) is 19.5 Å². The van der Waals surface area contributed by atoms with Crippen LogP contribution in [0.1, 0.15) is 26.6 Å². The first-order valence-corrected chi connectivity index (χ1v) is 7.80. The maximum Gasteiger partial charge on any atom is 0.208 e. The number of nitrogens with zero attached hydrogens (tertiary/aromatic N) is 5. The highest BCUT2D eigenvalue weighted by Crippen LogP contribution is 2.34. The van der Waals surface area contributed by atoms with Gasteiger partial charge >= 0.3 is 0 Å². The summed E-state index contributed by atoms with van der Waals surface area (Å²) in [6, 6.07) is 0. The van der Waals surface area contributed by atoms with Crippen molar-refractivity contribution in [3.63, 3.8) is 0 Å². The maximum absolute atomic E-state index is 4.53. The Balaban J connectivity index is 2.11. The highest BCUT2D eigenvalue weighted by Gasteiger charge is 2.20. The fraction of sp³-hybridized carbons (Fsp3) is 0.600. The van der Waals surface area contributed by atoms with Crippen molar-refractivity contribution in [3.8, 4) is 0 Å². The van der Waals surface area contributed by atoms with Gasteiger partial charge < -0.3 is 4.90 Å². The summed E-state index contributed by atoms with van der Waals surface area (Å²) in [7, 11) is 3.91. The minimum atomic E-state index is -0.00870. The summed E-state index contributed by atoms with van der Waals surface area (Å²) in [5, 5.41) is 9.13. The van der Waals surface area contributed by atoms with E-state index in [-0.39, 0.29) is 5.41 Å². The van der Waals surface area contributed by atoms with E-state index in [0.29, 0.717) is 0 Å². The summed E-state index contributed by atoms with van der Waals surface area (Å²) in [5.41, 5.74) is -0.00870. The van der Waals surface area contributed by atoms with Gasteiger partial charge in [0.15, 0.2) is 8.68 Å². The van der Waals surface area contributed by atoms with Crippen LogP contribution in [-0.4, -0.2) is 33.7 Å². The molecule has 0 saturated heterocycles. The molecule has 0 amide bonds. The molecule has 0 atom stereocenters. The van der Waals surface area contributed by atoms with E-state index in [9.17, 15) is 0 Å². The van der Waals surface area contributed by atoms with E-state index in [1.807, 2.05) is 19.0 Å². The standard InChI is InChI=1S/C10H15N5S3/c1-10(2,3)6-11-8(18-14-6)17-9-13-12-7(16-9)15(4)5/h1-5H3. The number of hydrogen-bond donors (Lipinski definition) is 0.